The minimum absolute atomic E-state index is 0.0409. The van der Waals surface area contributed by atoms with Gasteiger partial charge in [0.1, 0.15) is 11.5 Å². The normalized spacial score (nSPS) is 17.0. The first kappa shape index (κ1) is 24.2. The molecule has 4 aromatic rings. The summed E-state index contributed by atoms with van der Waals surface area (Å²) in [5.41, 5.74) is 2.01. The summed E-state index contributed by atoms with van der Waals surface area (Å²) in [5, 5.41) is 29.6. The lowest BCUT2D eigenvalue weighted by atomic mass is 9.95. The standard InChI is InChI=1S/C26H18BrN3O4S2/c27-18-10-6-17(7-11-18)22(32)20-21(16-8-12-19(31)13-9-16)30(24(34)23(20)33)25-28-29-26(36-25)35-14-15-4-2-1-3-5-15/h1-13,21,31-32H,14H2/b22-20-. The third-order valence-electron chi connectivity index (χ3n) is 5.58. The van der Waals surface area contributed by atoms with Crippen LogP contribution in [-0.4, -0.2) is 32.1 Å². The van der Waals surface area contributed by atoms with Gasteiger partial charge >= 0.3 is 5.91 Å². The van der Waals surface area contributed by atoms with Crippen molar-refractivity contribution < 1.29 is 19.8 Å². The first-order valence-corrected chi connectivity index (χ1v) is 13.4. The van der Waals surface area contributed by atoms with E-state index in [1.54, 1.807) is 36.4 Å². The van der Waals surface area contributed by atoms with E-state index in [-0.39, 0.29) is 22.2 Å². The molecule has 10 heteroatoms. The summed E-state index contributed by atoms with van der Waals surface area (Å²) in [4.78, 5) is 27.7. The summed E-state index contributed by atoms with van der Waals surface area (Å²) in [6, 6.07) is 21.9. The van der Waals surface area contributed by atoms with Crippen LogP contribution < -0.4 is 4.90 Å². The van der Waals surface area contributed by atoms with E-state index in [4.69, 9.17) is 0 Å². The van der Waals surface area contributed by atoms with Crippen molar-refractivity contribution in [3.8, 4) is 5.75 Å². The van der Waals surface area contributed by atoms with Crippen LogP contribution in [0.3, 0.4) is 0 Å². The van der Waals surface area contributed by atoms with Gasteiger partial charge in [0.2, 0.25) is 5.13 Å². The molecule has 0 radical (unpaired) electrons. The second-order valence-corrected chi connectivity index (χ2v) is 11.0. The summed E-state index contributed by atoms with van der Waals surface area (Å²) < 4.78 is 1.46. The van der Waals surface area contributed by atoms with Crippen molar-refractivity contribution >= 4 is 61.6 Å². The highest BCUT2D eigenvalue weighted by Gasteiger charge is 2.48. The summed E-state index contributed by atoms with van der Waals surface area (Å²) >= 11 is 6.04. The van der Waals surface area contributed by atoms with E-state index in [0.29, 0.717) is 21.2 Å². The first-order valence-electron chi connectivity index (χ1n) is 10.8. The predicted octanol–water partition coefficient (Wildman–Crippen LogP) is 5.92. The van der Waals surface area contributed by atoms with Crippen molar-refractivity contribution in [2.45, 2.75) is 16.1 Å². The molecule has 5 rings (SSSR count). The summed E-state index contributed by atoms with van der Waals surface area (Å²) in [6.07, 6.45) is 0. The number of carbonyl (C=O) groups excluding carboxylic acids is 2. The van der Waals surface area contributed by atoms with Gasteiger partial charge in [0, 0.05) is 15.8 Å². The number of phenols is 1. The number of ketones is 1. The molecule has 1 atom stereocenters. The van der Waals surface area contributed by atoms with E-state index in [1.807, 2.05) is 30.3 Å². The monoisotopic (exact) mass is 579 g/mol. The predicted molar refractivity (Wildman–Crippen MR) is 143 cm³/mol. The molecule has 0 saturated carbocycles. The fourth-order valence-corrected chi connectivity index (χ4v) is 5.93. The average Bonchev–Trinajstić information content (AvgIpc) is 3.46. The fraction of sp³-hybridized carbons (Fsp3) is 0.0769. The van der Waals surface area contributed by atoms with Gasteiger partial charge in [0.25, 0.3) is 5.78 Å². The molecule has 0 aliphatic carbocycles. The van der Waals surface area contributed by atoms with Gasteiger partial charge in [-0.05, 0) is 35.4 Å². The molecule has 0 bridgehead atoms. The number of aliphatic hydroxyl groups is 1. The Morgan fingerprint density at radius 2 is 1.67 bits per heavy atom. The molecular weight excluding hydrogens is 562 g/mol. The van der Waals surface area contributed by atoms with Crippen LogP contribution in [0.5, 0.6) is 5.75 Å². The number of nitrogens with zero attached hydrogens (tertiary/aromatic N) is 3. The minimum atomic E-state index is -0.936. The molecule has 1 aromatic heterocycles. The highest BCUT2D eigenvalue weighted by atomic mass is 79.9. The highest BCUT2D eigenvalue weighted by molar-refractivity contribution is 9.10. The number of aromatic nitrogens is 2. The van der Waals surface area contributed by atoms with E-state index in [2.05, 4.69) is 26.1 Å². The van der Waals surface area contributed by atoms with Crippen molar-refractivity contribution in [2.24, 2.45) is 0 Å². The number of aliphatic hydroxyl groups excluding tert-OH is 1. The fourth-order valence-electron chi connectivity index (χ4n) is 3.84. The maximum Gasteiger partial charge on any atom is 0.301 e. The molecule has 1 saturated heterocycles. The van der Waals surface area contributed by atoms with Crippen molar-refractivity contribution in [3.05, 3.63) is 106 Å². The number of carbonyl (C=O) groups is 2. The number of aromatic hydroxyl groups is 1. The zero-order valence-corrected chi connectivity index (χ0v) is 21.8. The maximum absolute atomic E-state index is 13.3. The first-order chi connectivity index (χ1) is 17.4. The molecule has 1 fully saturated rings. The van der Waals surface area contributed by atoms with Gasteiger partial charge in [0.15, 0.2) is 4.34 Å². The van der Waals surface area contributed by atoms with Crippen LogP contribution in [0.25, 0.3) is 5.76 Å². The Bertz CT molecular complexity index is 1450. The molecule has 180 valence electrons. The lowest BCUT2D eigenvalue weighted by Crippen LogP contribution is -2.29. The van der Waals surface area contributed by atoms with Gasteiger partial charge in [-0.25, -0.2) is 0 Å². The number of Topliss-reactive ketones (excluding diaryl/α,β-unsaturated/α-hetero) is 1. The topological polar surface area (TPSA) is 104 Å². The van der Waals surface area contributed by atoms with Crippen LogP contribution in [0.4, 0.5) is 5.13 Å². The Balaban J connectivity index is 1.55. The Morgan fingerprint density at radius 1 is 0.972 bits per heavy atom. The second kappa shape index (κ2) is 10.3. The quantitative estimate of drug-likeness (QED) is 0.0959. The van der Waals surface area contributed by atoms with E-state index in [9.17, 15) is 19.8 Å². The van der Waals surface area contributed by atoms with Crippen molar-refractivity contribution in [1.82, 2.24) is 10.2 Å². The van der Waals surface area contributed by atoms with Crippen LogP contribution in [-0.2, 0) is 15.3 Å². The molecule has 36 heavy (non-hydrogen) atoms. The molecule has 2 heterocycles. The molecule has 0 spiro atoms. The second-order valence-electron chi connectivity index (χ2n) is 7.89. The lowest BCUT2D eigenvalue weighted by Gasteiger charge is -2.22. The van der Waals surface area contributed by atoms with Gasteiger partial charge in [-0.1, -0.05) is 93.6 Å². The van der Waals surface area contributed by atoms with Crippen molar-refractivity contribution in [1.29, 1.82) is 0 Å². The number of amides is 1. The number of benzene rings is 3. The third kappa shape index (κ3) is 4.79. The summed E-state index contributed by atoms with van der Waals surface area (Å²) in [5.74, 6) is -1.19. The van der Waals surface area contributed by atoms with Crippen LogP contribution in [0, 0.1) is 0 Å². The van der Waals surface area contributed by atoms with E-state index in [0.717, 1.165) is 10.0 Å². The average molecular weight is 580 g/mol. The van der Waals surface area contributed by atoms with Crippen LogP contribution in [0.15, 0.2) is 93.2 Å². The maximum atomic E-state index is 13.3. The molecule has 1 aliphatic heterocycles. The van der Waals surface area contributed by atoms with Gasteiger partial charge in [-0.3, -0.25) is 14.5 Å². The van der Waals surface area contributed by atoms with E-state index >= 15 is 0 Å². The third-order valence-corrected chi connectivity index (χ3v) is 8.23. The van der Waals surface area contributed by atoms with Gasteiger partial charge < -0.3 is 10.2 Å². The zero-order valence-electron chi connectivity index (χ0n) is 18.5. The van der Waals surface area contributed by atoms with Gasteiger partial charge in [-0.15, -0.1) is 10.2 Å². The smallest absolute Gasteiger partial charge is 0.301 e. The molecule has 1 amide bonds. The molecule has 7 nitrogen and oxygen atoms in total. The molecule has 1 unspecified atom stereocenters. The number of hydrogen-bond donors (Lipinski definition) is 2. The van der Waals surface area contributed by atoms with Gasteiger partial charge in [-0.2, -0.15) is 0 Å². The number of rotatable bonds is 6. The SMILES string of the molecule is O=C1C(=O)N(c2nnc(SCc3ccccc3)s2)C(c2ccc(O)cc2)/C1=C(/O)c1ccc(Br)cc1. The number of anilines is 1. The zero-order chi connectivity index (χ0) is 25.2. The van der Waals surface area contributed by atoms with Gasteiger partial charge in [0.05, 0.1) is 11.6 Å². The van der Waals surface area contributed by atoms with Crippen LogP contribution in [0.2, 0.25) is 0 Å². The summed E-state index contributed by atoms with van der Waals surface area (Å²) in [7, 11) is 0. The minimum Gasteiger partial charge on any atom is -0.508 e. The van der Waals surface area contributed by atoms with E-state index < -0.39 is 17.7 Å². The molecule has 1 aliphatic rings. The summed E-state index contributed by atoms with van der Waals surface area (Å²) in [6.45, 7) is 0. The Hall–Kier alpha value is -3.47. The number of halogens is 1. The number of phenolic OH excluding ortho intramolecular Hbond substituents is 1. The Morgan fingerprint density at radius 3 is 2.36 bits per heavy atom. The largest absolute Gasteiger partial charge is 0.508 e. The van der Waals surface area contributed by atoms with Crippen molar-refractivity contribution in [3.63, 3.8) is 0 Å². The van der Waals surface area contributed by atoms with E-state index in [1.165, 1.54) is 40.1 Å². The molecule has 2 N–H and O–H groups in total. The Kier molecular flexibility index (Phi) is 6.90. The lowest BCUT2D eigenvalue weighted by molar-refractivity contribution is -0.132. The molecular formula is C26H18BrN3O4S2. The van der Waals surface area contributed by atoms with Crippen molar-refractivity contribution in [2.75, 3.05) is 4.90 Å². The number of hydrogen-bond acceptors (Lipinski definition) is 8. The number of thioether (sulfide) groups is 1. The van der Waals surface area contributed by atoms with Crippen LogP contribution in [0.1, 0.15) is 22.7 Å². The molecule has 3 aromatic carbocycles. The highest BCUT2D eigenvalue weighted by Crippen LogP contribution is 2.44. The Labute approximate surface area is 223 Å². The van der Waals surface area contributed by atoms with Crippen LogP contribution >= 0.6 is 39.0 Å².